The molecule has 0 amide bonds. The Morgan fingerprint density at radius 2 is 0.833 bits per heavy atom. The number of rotatable bonds is 4. The molecule has 1 unspecified atom stereocenters. The minimum Gasteiger partial charge on any atom is -0.0622 e. The van der Waals surface area contributed by atoms with Crippen LogP contribution in [-0.4, -0.2) is 0 Å². The van der Waals surface area contributed by atoms with Crippen molar-refractivity contribution in [2.75, 3.05) is 0 Å². The van der Waals surface area contributed by atoms with Crippen LogP contribution in [0.5, 0.6) is 0 Å². The highest BCUT2D eigenvalue weighted by atomic mass is 14.4. The Morgan fingerprint density at radius 3 is 1.33 bits per heavy atom. The van der Waals surface area contributed by atoms with Gasteiger partial charge in [0.2, 0.25) is 0 Å². The largest absolute Gasteiger partial charge is 0.0622 e. The Bertz CT molecular complexity index is 1200. The standard InChI is InChI=1S/C30H24/c1-22-27(23-14-6-2-7-15-23)29(25-18-10-4-11-19-25)30(26-20-12-5-13-21-26)28(22)24-16-8-3-9-17-24/h2-21,29H,1H3. The van der Waals surface area contributed by atoms with E-state index in [1.807, 2.05) is 0 Å². The quantitative estimate of drug-likeness (QED) is 0.336. The van der Waals surface area contributed by atoms with Crippen LogP contribution >= 0.6 is 0 Å². The van der Waals surface area contributed by atoms with Gasteiger partial charge in [-0.2, -0.15) is 0 Å². The van der Waals surface area contributed by atoms with Gasteiger partial charge in [-0.25, -0.2) is 0 Å². The Kier molecular flexibility index (Phi) is 4.91. The predicted octanol–water partition coefficient (Wildman–Crippen LogP) is 7.87. The van der Waals surface area contributed by atoms with E-state index in [1.54, 1.807) is 0 Å². The molecule has 0 heteroatoms. The summed E-state index contributed by atoms with van der Waals surface area (Å²) < 4.78 is 0. The highest BCUT2D eigenvalue weighted by Crippen LogP contribution is 2.55. The monoisotopic (exact) mass is 384 g/mol. The van der Waals surface area contributed by atoms with Crippen molar-refractivity contribution in [3.63, 3.8) is 0 Å². The number of hydrogen-bond donors (Lipinski definition) is 0. The summed E-state index contributed by atoms with van der Waals surface area (Å²) >= 11 is 0. The normalized spacial score (nSPS) is 16.2. The number of allylic oxidation sites excluding steroid dienone is 4. The summed E-state index contributed by atoms with van der Waals surface area (Å²) in [7, 11) is 0. The van der Waals surface area contributed by atoms with Gasteiger partial charge in [-0.05, 0) is 51.5 Å². The fourth-order valence-corrected chi connectivity index (χ4v) is 4.73. The third kappa shape index (κ3) is 3.21. The van der Waals surface area contributed by atoms with Gasteiger partial charge in [0.25, 0.3) is 0 Å². The van der Waals surface area contributed by atoms with Crippen molar-refractivity contribution in [2.24, 2.45) is 0 Å². The first-order valence-corrected chi connectivity index (χ1v) is 10.5. The van der Waals surface area contributed by atoms with Crippen LogP contribution in [0, 0.1) is 0 Å². The van der Waals surface area contributed by atoms with Crippen molar-refractivity contribution in [3.8, 4) is 0 Å². The Labute approximate surface area is 178 Å². The minimum absolute atomic E-state index is 0.200. The van der Waals surface area contributed by atoms with Crippen molar-refractivity contribution >= 4 is 16.7 Å². The topological polar surface area (TPSA) is 0 Å². The van der Waals surface area contributed by atoms with Gasteiger partial charge in [-0.3, -0.25) is 0 Å². The van der Waals surface area contributed by atoms with Crippen molar-refractivity contribution in [2.45, 2.75) is 12.8 Å². The summed E-state index contributed by atoms with van der Waals surface area (Å²) in [6, 6.07) is 43.5. The molecular weight excluding hydrogens is 360 g/mol. The van der Waals surface area contributed by atoms with E-state index in [2.05, 4.69) is 128 Å². The lowest BCUT2D eigenvalue weighted by Gasteiger charge is -2.22. The van der Waals surface area contributed by atoms with Crippen molar-refractivity contribution < 1.29 is 0 Å². The fraction of sp³-hybridized carbons (Fsp3) is 0.0667. The molecule has 0 heterocycles. The van der Waals surface area contributed by atoms with Crippen LogP contribution in [0.3, 0.4) is 0 Å². The molecule has 144 valence electrons. The molecule has 0 nitrogen and oxygen atoms in total. The zero-order valence-electron chi connectivity index (χ0n) is 17.1. The maximum Gasteiger partial charge on any atom is 0.0360 e. The molecule has 0 radical (unpaired) electrons. The maximum atomic E-state index is 2.29. The van der Waals surface area contributed by atoms with E-state index in [9.17, 15) is 0 Å². The van der Waals surface area contributed by atoms with E-state index in [4.69, 9.17) is 0 Å². The van der Waals surface area contributed by atoms with E-state index in [-0.39, 0.29) is 5.92 Å². The average Bonchev–Trinajstić information content (AvgIpc) is 3.14. The summed E-state index contributed by atoms with van der Waals surface area (Å²) in [6.07, 6.45) is 0. The fourth-order valence-electron chi connectivity index (χ4n) is 4.73. The molecule has 0 saturated heterocycles. The van der Waals surface area contributed by atoms with Crippen molar-refractivity contribution in [1.29, 1.82) is 0 Å². The van der Waals surface area contributed by atoms with Crippen molar-refractivity contribution in [3.05, 3.63) is 149 Å². The molecule has 0 fully saturated rings. The molecule has 4 aromatic carbocycles. The third-order valence-corrected chi connectivity index (χ3v) is 5.99. The Hall–Kier alpha value is -3.64. The molecule has 5 rings (SSSR count). The Morgan fingerprint density at radius 1 is 0.433 bits per heavy atom. The molecule has 0 bridgehead atoms. The summed E-state index contributed by atoms with van der Waals surface area (Å²) in [5.41, 5.74) is 10.7. The molecule has 0 N–H and O–H groups in total. The molecule has 4 aromatic rings. The van der Waals surface area contributed by atoms with Gasteiger partial charge in [-0.1, -0.05) is 121 Å². The molecule has 1 atom stereocenters. The lowest BCUT2D eigenvalue weighted by atomic mass is 9.81. The smallest absolute Gasteiger partial charge is 0.0360 e. The van der Waals surface area contributed by atoms with Gasteiger partial charge < -0.3 is 0 Å². The van der Waals surface area contributed by atoms with Crippen molar-refractivity contribution in [1.82, 2.24) is 0 Å². The first-order chi connectivity index (χ1) is 14.8. The van der Waals surface area contributed by atoms with E-state index in [0.29, 0.717) is 0 Å². The summed E-state index contributed by atoms with van der Waals surface area (Å²) in [4.78, 5) is 0. The van der Waals surface area contributed by atoms with Gasteiger partial charge in [-0.15, -0.1) is 0 Å². The SMILES string of the molecule is CC1=C(c2ccccc2)C(c2ccccc2)C(c2ccccc2)=C1c1ccccc1. The maximum absolute atomic E-state index is 2.29. The van der Waals surface area contributed by atoms with E-state index in [1.165, 1.54) is 44.5 Å². The van der Waals surface area contributed by atoms with Gasteiger partial charge in [0.15, 0.2) is 0 Å². The summed E-state index contributed by atoms with van der Waals surface area (Å²) in [5.74, 6) is 0.200. The Balaban J connectivity index is 1.84. The molecule has 1 aliphatic carbocycles. The highest BCUT2D eigenvalue weighted by molar-refractivity contribution is 6.13. The van der Waals surface area contributed by atoms with Crippen LogP contribution < -0.4 is 0 Å². The average molecular weight is 385 g/mol. The molecule has 0 spiro atoms. The number of benzene rings is 4. The zero-order valence-corrected chi connectivity index (χ0v) is 17.1. The van der Waals surface area contributed by atoms with Crippen LogP contribution in [0.1, 0.15) is 35.1 Å². The summed E-state index contributed by atoms with van der Waals surface area (Å²) in [5, 5.41) is 0. The second-order valence-corrected chi connectivity index (χ2v) is 7.77. The third-order valence-electron chi connectivity index (χ3n) is 5.99. The second-order valence-electron chi connectivity index (χ2n) is 7.77. The van der Waals surface area contributed by atoms with E-state index >= 15 is 0 Å². The minimum atomic E-state index is 0.200. The number of hydrogen-bond acceptors (Lipinski definition) is 0. The first-order valence-electron chi connectivity index (χ1n) is 10.5. The lowest BCUT2D eigenvalue weighted by molar-refractivity contribution is 1.13. The van der Waals surface area contributed by atoms with Crippen LogP contribution in [-0.2, 0) is 0 Å². The zero-order chi connectivity index (χ0) is 20.3. The molecule has 30 heavy (non-hydrogen) atoms. The summed E-state index contributed by atoms with van der Waals surface area (Å²) in [6.45, 7) is 2.29. The van der Waals surface area contributed by atoms with Gasteiger partial charge >= 0.3 is 0 Å². The molecule has 0 aromatic heterocycles. The van der Waals surface area contributed by atoms with Gasteiger partial charge in [0.05, 0.1) is 0 Å². The van der Waals surface area contributed by atoms with Crippen LogP contribution in [0.15, 0.2) is 127 Å². The molecular formula is C30H24. The highest BCUT2D eigenvalue weighted by Gasteiger charge is 2.34. The van der Waals surface area contributed by atoms with Crippen LogP contribution in [0.2, 0.25) is 0 Å². The van der Waals surface area contributed by atoms with Crippen LogP contribution in [0.4, 0.5) is 0 Å². The van der Waals surface area contributed by atoms with E-state index < -0.39 is 0 Å². The molecule has 1 aliphatic rings. The van der Waals surface area contributed by atoms with Gasteiger partial charge in [0, 0.05) is 5.92 Å². The molecule has 0 saturated carbocycles. The second kappa shape index (κ2) is 8.00. The lowest BCUT2D eigenvalue weighted by Crippen LogP contribution is -2.03. The molecule has 0 aliphatic heterocycles. The first kappa shape index (κ1) is 18.4. The van der Waals surface area contributed by atoms with E-state index in [0.717, 1.165) is 0 Å². The van der Waals surface area contributed by atoms with Crippen LogP contribution in [0.25, 0.3) is 16.7 Å². The van der Waals surface area contributed by atoms with Gasteiger partial charge in [0.1, 0.15) is 0 Å². The predicted molar refractivity (Wildman–Crippen MR) is 128 cm³/mol.